The molecule has 1 heterocycles. The molecular formula is C6H10IN3O. The van der Waals surface area contributed by atoms with Gasteiger partial charge in [0, 0.05) is 0 Å². The molecule has 1 rings (SSSR count). The highest BCUT2D eigenvalue weighted by atomic mass is 127. The molecule has 0 amide bonds. The lowest BCUT2D eigenvalue weighted by Gasteiger charge is -1.95. The molecule has 0 atom stereocenters. The van der Waals surface area contributed by atoms with Crippen molar-refractivity contribution in [3.05, 3.63) is 11.9 Å². The zero-order valence-electron chi connectivity index (χ0n) is 6.49. The maximum atomic E-state index is 4.85. The van der Waals surface area contributed by atoms with E-state index in [0.717, 1.165) is 5.69 Å². The summed E-state index contributed by atoms with van der Waals surface area (Å²) in [7, 11) is 0. The molecule has 0 fully saturated rings. The van der Waals surface area contributed by atoms with Crippen molar-refractivity contribution in [1.29, 1.82) is 0 Å². The van der Waals surface area contributed by atoms with Crippen molar-refractivity contribution in [2.24, 2.45) is 0 Å². The van der Waals surface area contributed by atoms with Crippen LogP contribution in [0.15, 0.2) is 6.20 Å². The van der Waals surface area contributed by atoms with Gasteiger partial charge in [-0.25, -0.2) is 4.68 Å². The number of nitrogens with zero attached hydrogens (tertiary/aromatic N) is 3. The maximum absolute atomic E-state index is 4.85. The van der Waals surface area contributed by atoms with E-state index in [1.54, 1.807) is 4.68 Å². The summed E-state index contributed by atoms with van der Waals surface area (Å²) in [6, 6.07) is 0. The van der Waals surface area contributed by atoms with Crippen LogP contribution in [0.4, 0.5) is 0 Å². The van der Waals surface area contributed by atoms with Crippen molar-refractivity contribution >= 4 is 23.0 Å². The van der Waals surface area contributed by atoms with Crippen LogP contribution in [-0.2, 0) is 9.80 Å². The maximum Gasteiger partial charge on any atom is 0.153 e. The molecule has 4 nitrogen and oxygen atoms in total. The van der Waals surface area contributed by atoms with Crippen LogP contribution < -0.4 is 0 Å². The minimum absolute atomic E-state index is 0.429. The first kappa shape index (κ1) is 8.92. The SMILES string of the molecule is CC(C)c1cn(COI)nn1. The van der Waals surface area contributed by atoms with Crippen LogP contribution in [-0.4, -0.2) is 15.0 Å². The number of aromatic nitrogens is 3. The second-order valence-corrected chi connectivity index (χ2v) is 3.20. The highest BCUT2D eigenvalue weighted by Gasteiger charge is 2.03. The largest absolute Gasteiger partial charge is 0.292 e. The van der Waals surface area contributed by atoms with Gasteiger partial charge in [0.05, 0.1) is 11.9 Å². The van der Waals surface area contributed by atoms with Gasteiger partial charge in [-0.1, -0.05) is 19.1 Å². The normalized spacial score (nSPS) is 10.9. The fraction of sp³-hybridized carbons (Fsp3) is 0.667. The molecule has 0 aliphatic heterocycles. The summed E-state index contributed by atoms with van der Waals surface area (Å²) >= 11 is 1.83. The van der Waals surface area contributed by atoms with Gasteiger partial charge >= 0.3 is 0 Å². The first-order valence-electron chi connectivity index (χ1n) is 3.37. The van der Waals surface area contributed by atoms with Gasteiger partial charge in [-0.15, -0.1) is 5.10 Å². The van der Waals surface area contributed by atoms with Gasteiger partial charge in [0.2, 0.25) is 0 Å². The average molecular weight is 267 g/mol. The van der Waals surface area contributed by atoms with Gasteiger partial charge in [0.25, 0.3) is 0 Å². The number of halogens is 1. The summed E-state index contributed by atoms with van der Waals surface area (Å²) in [4.78, 5) is 0. The zero-order valence-corrected chi connectivity index (χ0v) is 8.65. The second kappa shape index (κ2) is 4.01. The molecule has 1 aromatic heterocycles. The van der Waals surface area contributed by atoms with Gasteiger partial charge in [-0.2, -0.15) is 0 Å². The Hall–Kier alpha value is -0.170. The summed E-state index contributed by atoms with van der Waals surface area (Å²) < 4.78 is 6.52. The Labute approximate surface area is 79.6 Å². The van der Waals surface area contributed by atoms with Gasteiger partial charge < -0.3 is 0 Å². The topological polar surface area (TPSA) is 39.9 Å². The fourth-order valence-electron chi connectivity index (χ4n) is 0.691. The van der Waals surface area contributed by atoms with E-state index in [-0.39, 0.29) is 0 Å². The molecule has 1 aromatic rings. The van der Waals surface area contributed by atoms with E-state index in [1.165, 1.54) is 0 Å². The Morgan fingerprint density at radius 1 is 1.73 bits per heavy atom. The van der Waals surface area contributed by atoms with Crippen LogP contribution in [0, 0.1) is 0 Å². The lowest BCUT2D eigenvalue weighted by Crippen LogP contribution is -1.97. The lowest BCUT2D eigenvalue weighted by atomic mass is 10.2. The van der Waals surface area contributed by atoms with E-state index >= 15 is 0 Å². The molecule has 0 N–H and O–H groups in total. The van der Waals surface area contributed by atoms with E-state index in [0.29, 0.717) is 12.6 Å². The van der Waals surface area contributed by atoms with Crippen molar-refractivity contribution in [3.8, 4) is 0 Å². The molecular weight excluding hydrogens is 257 g/mol. The summed E-state index contributed by atoms with van der Waals surface area (Å²) in [6.45, 7) is 4.62. The van der Waals surface area contributed by atoms with Crippen LogP contribution >= 0.6 is 23.0 Å². The third-order valence-electron chi connectivity index (χ3n) is 1.33. The van der Waals surface area contributed by atoms with Crippen LogP contribution in [0.5, 0.6) is 0 Å². The van der Waals surface area contributed by atoms with Crippen molar-refractivity contribution in [2.45, 2.75) is 26.5 Å². The van der Waals surface area contributed by atoms with Crippen LogP contribution in [0.2, 0.25) is 0 Å². The molecule has 0 radical (unpaired) electrons. The fourth-order valence-corrected chi connectivity index (χ4v) is 0.976. The number of rotatable bonds is 3. The molecule has 0 bridgehead atoms. The molecule has 0 aromatic carbocycles. The Morgan fingerprint density at radius 2 is 2.45 bits per heavy atom. The Bertz CT molecular complexity index is 223. The van der Waals surface area contributed by atoms with Crippen molar-refractivity contribution in [3.63, 3.8) is 0 Å². The molecule has 0 spiro atoms. The minimum atomic E-state index is 0.429. The second-order valence-electron chi connectivity index (χ2n) is 2.58. The Kier molecular flexibility index (Phi) is 3.25. The Balaban J connectivity index is 2.66. The lowest BCUT2D eigenvalue weighted by molar-refractivity contribution is 0.297. The molecule has 0 aliphatic carbocycles. The van der Waals surface area contributed by atoms with Crippen LogP contribution in [0.1, 0.15) is 25.5 Å². The standard InChI is InChI=1S/C6H10IN3O/c1-5(2)6-3-10(4-11-7)9-8-6/h3,5H,4H2,1-2H3. The van der Waals surface area contributed by atoms with Crippen molar-refractivity contribution < 1.29 is 3.07 Å². The number of hydrogen-bond acceptors (Lipinski definition) is 3. The van der Waals surface area contributed by atoms with E-state index in [9.17, 15) is 0 Å². The summed E-state index contributed by atoms with van der Waals surface area (Å²) in [5, 5.41) is 7.83. The monoisotopic (exact) mass is 267 g/mol. The molecule has 0 unspecified atom stereocenters. The first-order chi connectivity index (χ1) is 5.24. The van der Waals surface area contributed by atoms with Gasteiger partial charge in [-0.05, 0) is 5.92 Å². The quantitative estimate of drug-likeness (QED) is 0.783. The molecule has 0 saturated heterocycles. The summed E-state index contributed by atoms with van der Waals surface area (Å²) in [6.07, 6.45) is 1.89. The average Bonchev–Trinajstić information content (AvgIpc) is 2.37. The van der Waals surface area contributed by atoms with E-state index in [4.69, 9.17) is 3.07 Å². The highest BCUT2D eigenvalue weighted by molar-refractivity contribution is 14.1. The molecule has 0 saturated carbocycles. The van der Waals surface area contributed by atoms with E-state index in [2.05, 4.69) is 24.2 Å². The third-order valence-corrected chi connectivity index (χ3v) is 1.61. The minimum Gasteiger partial charge on any atom is -0.292 e. The van der Waals surface area contributed by atoms with Crippen LogP contribution in [0.25, 0.3) is 0 Å². The highest BCUT2D eigenvalue weighted by Crippen LogP contribution is 2.08. The van der Waals surface area contributed by atoms with Crippen molar-refractivity contribution in [2.75, 3.05) is 0 Å². The van der Waals surface area contributed by atoms with Crippen LogP contribution in [0.3, 0.4) is 0 Å². The van der Waals surface area contributed by atoms with Gasteiger partial charge in [0.15, 0.2) is 6.73 Å². The summed E-state index contributed by atoms with van der Waals surface area (Å²) in [5.41, 5.74) is 0.999. The first-order valence-corrected chi connectivity index (χ1v) is 4.25. The zero-order chi connectivity index (χ0) is 8.27. The third kappa shape index (κ3) is 2.41. The van der Waals surface area contributed by atoms with Gasteiger partial charge in [0.1, 0.15) is 23.0 Å². The molecule has 11 heavy (non-hydrogen) atoms. The van der Waals surface area contributed by atoms with E-state index < -0.39 is 0 Å². The smallest absolute Gasteiger partial charge is 0.153 e. The van der Waals surface area contributed by atoms with Crippen molar-refractivity contribution in [1.82, 2.24) is 15.0 Å². The predicted molar refractivity (Wildman–Crippen MR) is 49.2 cm³/mol. The number of hydrogen-bond donors (Lipinski definition) is 0. The predicted octanol–water partition coefficient (Wildman–Crippen LogP) is 1.73. The van der Waals surface area contributed by atoms with E-state index in [1.807, 2.05) is 29.2 Å². The van der Waals surface area contributed by atoms with Gasteiger partial charge in [-0.3, -0.25) is 3.07 Å². The molecule has 0 aliphatic rings. The summed E-state index contributed by atoms with van der Waals surface area (Å²) in [5.74, 6) is 0.429. The Morgan fingerprint density at radius 3 is 2.91 bits per heavy atom. The molecule has 62 valence electrons. The molecule has 5 heteroatoms.